The number of anilines is 1. The summed E-state index contributed by atoms with van der Waals surface area (Å²) in [4.78, 5) is 20.8. The maximum absolute atomic E-state index is 14.4. The Labute approximate surface area is 154 Å². The van der Waals surface area contributed by atoms with Crippen molar-refractivity contribution in [2.45, 2.75) is 19.0 Å². The van der Waals surface area contributed by atoms with E-state index in [4.69, 9.17) is 4.74 Å². The second kappa shape index (κ2) is 8.24. The second-order valence-electron chi connectivity index (χ2n) is 6.32. The van der Waals surface area contributed by atoms with Gasteiger partial charge < -0.3 is 15.0 Å². The number of carbonyl (C=O) groups excluding carboxylic acids is 1. The highest BCUT2D eigenvalue weighted by molar-refractivity contribution is 5.68. The summed E-state index contributed by atoms with van der Waals surface area (Å²) >= 11 is 0. The molecule has 6 nitrogen and oxygen atoms in total. The molecular formula is C18H19F3N4O2. The number of benzene rings is 1. The van der Waals surface area contributed by atoms with Crippen molar-refractivity contribution in [3.63, 3.8) is 0 Å². The SMILES string of the molecule is O=C(OCc1ccc(F)cc1)N1CC[C@@H](CNc2ccncn2)C(F)(F)C1. The van der Waals surface area contributed by atoms with Crippen LogP contribution < -0.4 is 5.32 Å². The summed E-state index contributed by atoms with van der Waals surface area (Å²) in [6, 6.07) is 7.03. The Morgan fingerprint density at radius 3 is 2.74 bits per heavy atom. The molecule has 27 heavy (non-hydrogen) atoms. The summed E-state index contributed by atoms with van der Waals surface area (Å²) in [5, 5.41) is 2.87. The Kier molecular flexibility index (Phi) is 5.78. The number of hydrogen-bond acceptors (Lipinski definition) is 5. The Morgan fingerprint density at radius 2 is 2.07 bits per heavy atom. The molecule has 1 atom stereocenters. The van der Waals surface area contributed by atoms with Crippen LogP contribution in [-0.2, 0) is 11.3 Å². The van der Waals surface area contributed by atoms with Gasteiger partial charge in [0.05, 0.1) is 6.54 Å². The van der Waals surface area contributed by atoms with Gasteiger partial charge in [-0.25, -0.2) is 27.9 Å². The molecule has 3 rings (SSSR count). The van der Waals surface area contributed by atoms with Gasteiger partial charge in [-0.05, 0) is 30.2 Å². The van der Waals surface area contributed by atoms with E-state index in [1.54, 1.807) is 6.07 Å². The van der Waals surface area contributed by atoms with Gasteiger partial charge in [-0.1, -0.05) is 12.1 Å². The number of nitrogens with one attached hydrogen (secondary N) is 1. The van der Waals surface area contributed by atoms with Crippen molar-refractivity contribution in [3.05, 3.63) is 54.2 Å². The van der Waals surface area contributed by atoms with Gasteiger partial charge in [0.2, 0.25) is 0 Å². The van der Waals surface area contributed by atoms with E-state index in [0.717, 1.165) is 4.90 Å². The molecule has 1 amide bonds. The minimum atomic E-state index is -3.05. The third kappa shape index (κ3) is 5.08. The van der Waals surface area contributed by atoms with Gasteiger partial charge in [0.15, 0.2) is 0 Å². The number of hydrogen-bond donors (Lipinski definition) is 1. The minimum Gasteiger partial charge on any atom is -0.445 e. The number of aromatic nitrogens is 2. The van der Waals surface area contributed by atoms with E-state index in [0.29, 0.717) is 11.4 Å². The standard InChI is InChI=1S/C18H19F3N4O2/c19-15-3-1-13(2-4-15)10-27-17(26)25-8-6-14(18(20,21)11-25)9-23-16-5-7-22-12-24-16/h1-5,7,12,14H,6,8-11H2,(H,22,23,24)/t14-/m0/s1. The molecular weight excluding hydrogens is 361 g/mol. The van der Waals surface area contributed by atoms with Crippen molar-refractivity contribution in [1.29, 1.82) is 0 Å². The van der Waals surface area contributed by atoms with Crippen molar-refractivity contribution in [2.75, 3.05) is 25.0 Å². The van der Waals surface area contributed by atoms with E-state index in [9.17, 15) is 18.0 Å². The van der Waals surface area contributed by atoms with Crippen LogP contribution in [0, 0.1) is 11.7 Å². The van der Waals surface area contributed by atoms with Crippen LogP contribution in [0.3, 0.4) is 0 Å². The largest absolute Gasteiger partial charge is 0.445 e. The average Bonchev–Trinajstić information content (AvgIpc) is 2.66. The molecule has 0 spiro atoms. The van der Waals surface area contributed by atoms with Gasteiger partial charge in [-0.15, -0.1) is 0 Å². The molecule has 2 aromatic rings. The van der Waals surface area contributed by atoms with Crippen LogP contribution >= 0.6 is 0 Å². The minimum absolute atomic E-state index is 0.0441. The number of nitrogens with zero attached hydrogens (tertiary/aromatic N) is 3. The topological polar surface area (TPSA) is 67.3 Å². The first kappa shape index (κ1) is 18.9. The lowest BCUT2D eigenvalue weighted by Gasteiger charge is -2.37. The van der Waals surface area contributed by atoms with Gasteiger partial charge in [0.1, 0.15) is 24.6 Å². The second-order valence-corrected chi connectivity index (χ2v) is 6.32. The molecule has 0 unspecified atom stereocenters. The lowest BCUT2D eigenvalue weighted by atomic mass is 9.93. The summed E-state index contributed by atoms with van der Waals surface area (Å²) in [5.41, 5.74) is 0.584. The van der Waals surface area contributed by atoms with Crippen molar-refractivity contribution in [1.82, 2.24) is 14.9 Å². The Morgan fingerprint density at radius 1 is 1.30 bits per heavy atom. The smallest absolute Gasteiger partial charge is 0.410 e. The fourth-order valence-electron chi connectivity index (χ4n) is 2.83. The van der Waals surface area contributed by atoms with Crippen molar-refractivity contribution >= 4 is 11.9 Å². The van der Waals surface area contributed by atoms with Crippen molar-refractivity contribution < 1.29 is 22.7 Å². The molecule has 1 aliphatic heterocycles. The van der Waals surface area contributed by atoms with Crippen molar-refractivity contribution in [2.24, 2.45) is 5.92 Å². The molecule has 1 N–H and O–H groups in total. The van der Waals surface area contributed by atoms with Crippen LogP contribution in [0.1, 0.15) is 12.0 Å². The Hall–Kier alpha value is -2.84. The monoisotopic (exact) mass is 380 g/mol. The summed E-state index contributed by atoms with van der Waals surface area (Å²) in [7, 11) is 0. The van der Waals surface area contributed by atoms with E-state index in [1.165, 1.54) is 36.8 Å². The van der Waals surface area contributed by atoms with E-state index >= 15 is 0 Å². The van der Waals surface area contributed by atoms with Crippen LogP contribution in [0.2, 0.25) is 0 Å². The molecule has 1 aliphatic rings. The molecule has 0 radical (unpaired) electrons. The molecule has 1 aromatic heterocycles. The summed E-state index contributed by atoms with van der Waals surface area (Å²) in [5.74, 6) is -3.90. The number of amides is 1. The quantitative estimate of drug-likeness (QED) is 0.862. The van der Waals surface area contributed by atoms with Gasteiger partial charge in [-0.2, -0.15) is 0 Å². The Bertz CT molecular complexity index is 759. The highest BCUT2D eigenvalue weighted by Gasteiger charge is 2.46. The normalized spacial score (nSPS) is 18.8. The molecule has 1 fully saturated rings. The number of likely N-dealkylation sites (tertiary alicyclic amines) is 1. The Balaban J connectivity index is 1.49. The molecule has 1 saturated heterocycles. The van der Waals surface area contributed by atoms with Gasteiger partial charge in [-0.3, -0.25) is 0 Å². The number of piperidine rings is 1. The van der Waals surface area contributed by atoms with E-state index in [1.807, 2.05) is 0 Å². The maximum Gasteiger partial charge on any atom is 0.410 e. The summed E-state index contributed by atoms with van der Waals surface area (Å²) in [6.45, 7) is -0.582. The third-order valence-corrected chi connectivity index (χ3v) is 4.39. The van der Waals surface area contributed by atoms with Gasteiger partial charge in [0, 0.05) is 25.2 Å². The highest BCUT2D eigenvalue weighted by atomic mass is 19.3. The van der Waals surface area contributed by atoms with E-state index < -0.39 is 30.3 Å². The number of halogens is 3. The zero-order chi connectivity index (χ0) is 19.3. The predicted octanol–water partition coefficient (Wildman–Crippen LogP) is 3.32. The molecule has 0 bridgehead atoms. The lowest BCUT2D eigenvalue weighted by Crippen LogP contribution is -2.52. The van der Waals surface area contributed by atoms with Gasteiger partial charge >= 0.3 is 6.09 Å². The number of rotatable bonds is 5. The average molecular weight is 380 g/mol. The third-order valence-electron chi connectivity index (χ3n) is 4.39. The molecule has 144 valence electrons. The van der Waals surface area contributed by atoms with Crippen LogP contribution in [-0.4, -0.2) is 46.5 Å². The fourth-order valence-corrected chi connectivity index (χ4v) is 2.83. The predicted molar refractivity (Wildman–Crippen MR) is 91.7 cm³/mol. The zero-order valence-electron chi connectivity index (χ0n) is 14.4. The fraction of sp³-hybridized carbons (Fsp3) is 0.389. The van der Waals surface area contributed by atoms with Crippen LogP contribution in [0.4, 0.5) is 23.8 Å². The molecule has 1 aromatic carbocycles. The number of carbonyl (C=O) groups is 1. The first-order chi connectivity index (χ1) is 12.9. The highest BCUT2D eigenvalue weighted by Crippen LogP contribution is 2.33. The number of alkyl halides is 2. The van der Waals surface area contributed by atoms with Crippen LogP contribution in [0.25, 0.3) is 0 Å². The summed E-state index contributed by atoms with van der Waals surface area (Å²) in [6.07, 6.45) is 2.19. The zero-order valence-corrected chi connectivity index (χ0v) is 14.4. The van der Waals surface area contributed by atoms with Crippen LogP contribution in [0.5, 0.6) is 0 Å². The molecule has 9 heteroatoms. The van der Waals surface area contributed by atoms with Gasteiger partial charge in [0.25, 0.3) is 5.92 Å². The first-order valence-electron chi connectivity index (χ1n) is 8.48. The lowest BCUT2D eigenvalue weighted by molar-refractivity contribution is -0.101. The first-order valence-corrected chi connectivity index (χ1v) is 8.48. The van der Waals surface area contributed by atoms with Crippen molar-refractivity contribution in [3.8, 4) is 0 Å². The van der Waals surface area contributed by atoms with Crippen LogP contribution in [0.15, 0.2) is 42.9 Å². The van der Waals surface area contributed by atoms with E-state index in [-0.39, 0.29) is 26.1 Å². The molecule has 0 saturated carbocycles. The van der Waals surface area contributed by atoms with E-state index in [2.05, 4.69) is 15.3 Å². The molecule has 0 aliphatic carbocycles. The number of ether oxygens (including phenoxy) is 1. The summed E-state index contributed by atoms with van der Waals surface area (Å²) < 4.78 is 46.8. The molecule has 2 heterocycles. The maximum atomic E-state index is 14.4.